The second-order valence-corrected chi connectivity index (χ2v) is 12.4. The Morgan fingerprint density at radius 3 is 2.52 bits per heavy atom. The van der Waals surface area contributed by atoms with Crippen LogP contribution in [0.1, 0.15) is 76.7 Å². The zero-order valence-electron chi connectivity index (χ0n) is 19.8. The SMILES string of the molecule is CC[C@]1(O)CCC2[C@@H]3CCC4=CC(=O)CCC4=C3[C@@H](c3ccc(OS(C)(=O)=O)cc3)C[C@@]21C. The van der Waals surface area contributed by atoms with E-state index in [0.717, 1.165) is 56.8 Å². The lowest BCUT2D eigenvalue weighted by Gasteiger charge is -2.55. The van der Waals surface area contributed by atoms with Gasteiger partial charge in [0.2, 0.25) is 0 Å². The van der Waals surface area contributed by atoms with Crippen molar-refractivity contribution in [3.8, 4) is 5.75 Å². The first-order valence-electron chi connectivity index (χ1n) is 12.2. The maximum absolute atomic E-state index is 12.1. The molecule has 1 N–H and O–H groups in total. The van der Waals surface area contributed by atoms with Crippen LogP contribution in [0.3, 0.4) is 0 Å². The van der Waals surface area contributed by atoms with Crippen LogP contribution >= 0.6 is 0 Å². The van der Waals surface area contributed by atoms with E-state index in [9.17, 15) is 18.3 Å². The zero-order valence-corrected chi connectivity index (χ0v) is 20.6. The first-order valence-corrected chi connectivity index (χ1v) is 14.0. The predicted octanol–water partition coefficient (Wildman–Crippen LogP) is 5.07. The van der Waals surface area contributed by atoms with E-state index >= 15 is 0 Å². The van der Waals surface area contributed by atoms with Crippen LogP contribution in [0.25, 0.3) is 0 Å². The number of ketones is 1. The molecule has 5 rings (SSSR count). The van der Waals surface area contributed by atoms with Crippen molar-refractivity contribution < 1.29 is 22.5 Å². The summed E-state index contributed by atoms with van der Waals surface area (Å²) in [4.78, 5) is 12.1. The Balaban J connectivity index is 1.62. The third-order valence-corrected chi connectivity index (χ3v) is 9.67. The molecule has 178 valence electrons. The Morgan fingerprint density at radius 1 is 1.12 bits per heavy atom. The van der Waals surface area contributed by atoms with E-state index in [1.807, 2.05) is 18.2 Å². The van der Waals surface area contributed by atoms with Crippen LogP contribution in [0, 0.1) is 17.3 Å². The standard InChI is InChI=1S/C27H34O5S/c1-4-27(29)14-13-24-22-11-7-18-15-19(28)8-12-21(18)25(22)23(16-26(24,27)2)17-5-9-20(10-6-17)32-33(3,30)31/h5-6,9-10,15,22-24,29H,4,7-8,11-14,16H2,1-3H3/t22-,23+,24?,26-,27-/m0/s1. The largest absolute Gasteiger partial charge is 0.389 e. The second-order valence-electron chi connectivity index (χ2n) is 10.8. The van der Waals surface area contributed by atoms with Crippen molar-refractivity contribution in [2.75, 3.05) is 6.26 Å². The summed E-state index contributed by atoms with van der Waals surface area (Å²) in [5.41, 5.74) is 4.36. The van der Waals surface area contributed by atoms with Crippen LogP contribution < -0.4 is 4.18 Å². The average Bonchev–Trinajstić information content (AvgIpc) is 3.03. The molecule has 4 aliphatic rings. The van der Waals surface area contributed by atoms with Gasteiger partial charge >= 0.3 is 10.1 Å². The molecule has 0 radical (unpaired) electrons. The second kappa shape index (κ2) is 7.81. The summed E-state index contributed by atoms with van der Waals surface area (Å²) in [6.45, 7) is 4.39. The molecular formula is C27H34O5S. The highest BCUT2D eigenvalue weighted by Gasteiger charge is 2.62. The number of hydrogen-bond donors (Lipinski definition) is 1. The molecule has 1 unspecified atom stereocenters. The molecule has 0 spiro atoms. The van der Waals surface area contributed by atoms with Gasteiger partial charge < -0.3 is 9.29 Å². The summed E-state index contributed by atoms with van der Waals surface area (Å²) in [5, 5.41) is 11.7. The van der Waals surface area contributed by atoms with E-state index < -0.39 is 15.7 Å². The van der Waals surface area contributed by atoms with Gasteiger partial charge in [-0.15, -0.1) is 0 Å². The molecular weight excluding hydrogens is 436 g/mol. The third kappa shape index (κ3) is 3.70. The average molecular weight is 471 g/mol. The summed E-state index contributed by atoms with van der Waals surface area (Å²) < 4.78 is 28.1. The molecule has 6 heteroatoms. The fourth-order valence-corrected chi connectivity index (χ4v) is 8.03. The molecule has 33 heavy (non-hydrogen) atoms. The maximum Gasteiger partial charge on any atom is 0.306 e. The minimum absolute atomic E-state index is 0.145. The number of allylic oxidation sites excluding steroid dienone is 4. The van der Waals surface area contributed by atoms with Crippen LogP contribution in [-0.2, 0) is 14.9 Å². The van der Waals surface area contributed by atoms with Gasteiger partial charge in [0.05, 0.1) is 11.9 Å². The molecule has 5 atom stereocenters. The predicted molar refractivity (Wildman–Crippen MR) is 127 cm³/mol. The normalized spacial score (nSPS) is 36.1. The number of carbonyl (C=O) groups is 1. The lowest BCUT2D eigenvalue weighted by molar-refractivity contribution is -0.114. The quantitative estimate of drug-likeness (QED) is 0.622. The van der Waals surface area contributed by atoms with Gasteiger partial charge in [0.15, 0.2) is 5.78 Å². The van der Waals surface area contributed by atoms with E-state index in [0.29, 0.717) is 24.0 Å². The molecule has 2 fully saturated rings. The van der Waals surface area contributed by atoms with Gasteiger partial charge in [0.25, 0.3) is 0 Å². The van der Waals surface area contributed by atoms with Gasteiger partial charge in [-0.2, -0.15) is 8.42 Å². The lowest BCUT2D eigenvalue weighted by atomic mass is 9.51. The van der Waals surface area contributed by atoms with Crippen LogP contribution in [0.15, 0.2) is 47.1 Å². The zero-order chi connectivity index (χ0) is 23.6. The Labute approximate surface area is 197 Å². The molecule has 0 saturated heterocycles. The van der Waals surface area contributed by atoms with E-state index in [4.69, 9.17) is 4.18 Å². The Hall–Kier alpha value is -1.92. The van der Waals surface area contributed by atoms with Gasteiger partial charge in [0, 0.05) is 17.8 Å². The third-order valence-electron chi connectivity index (χ3n) is 9.17. The number of benzene rings is 1. The van der Waals surface area contributed by atoms with Crippen LogP contribution in [0.5, 0.6) is 5.75 Å². The maximum atomic E-state index is 12.1. The number of aliphatic hydroxyl groups is 1. The molecule has 0 aromatic heterocycles. The summed E-state index contributed by atoms with van der Waals surface area (Å²) >= 11 is 0. The number of hydrogen-bond acceptors (Lipinski definition) is 5. The van der Waals surface area contributed by atoms with Crippen LogP contribution in [-0.4, -0.2) is 31.2 Å². The molecule has 4 aliphatic carbocycles. The van der Waals surface area contributed by atoms with Crippen LogP contribution in [0.4, 0.5) is 0 Å². The summed E-state index contributed by atoms with van der Waals surface area (Å²) in [6, 6.07) is 7.42. The molecule has 2 saturated carbocycles. The summed E-state index contributed by atoms with van der Waals surface area (Å²) in [5.74, 6) is 1.56. The highest BCUT2D eigenvalue weighted by atomic mass is 32.2. The van der Waals surface area contributed by atoms with Crippen molar-refractivity contribution in [2.45, 2.75) is 76.7 Å². The summed E-state index contributed by atoms with van der Waals surface area (Å²) in [7, 11) is -3.58. The smallest absolute Gasteiger partial charge is 0.306 e. The van der Waals surface area contributed by atoms with E-state index in [1.54, 1.807) is 12.1 Å². The number of carbonyl (C=O) groups excluding carboxylic acids is 1. The minimum Gasteiger partial charge on any atom is -0.389 e. The van der Waals surface area contributed by atoms with Crippen LogP contribution in [0.2, 0.25) is 0 Å². The molecule has 0 heterocycles. The summed E-state index contributed by atoms with van der Waals surface area (Å²) in [6.07, 6.45) is 9.79. The Morgan fingerprint density at radius 2 is 1.85 bits per heavy atom. The molecule has 1 aromatic rings. The first kappa shape index (κ1) is 22.9. The van der Waals surface area contributed by atoms with Gasteiger partial charge in [-0.05, 0) is 91.7 Å². The Bertz CT molecular complexity index is 1150. The molecule has 0 bridgehead atoms. The molecule has 0 amide bonds. The minimum atomic E-state index is -3.58. The highest BCUT2D eigenvalue weighted by molar-refractivity contribution is 7.86. The van der Waals surface area contributed by atoms with Gasteiger partial charge in [-0.1, -0.05) is 31.6 Å². The fraction of sp³-hybridized carbons (Fsp3) is 0.593. The van der Waals surface area contributed by atoms with Gasteiger partial charge in [0.1, 0.15) is 5.75 Å². The monoisotopic (exact) mass is 470 g/mol. The van der Waals surface area contributed by atoms with Crippen molar-refractivity contribution in [2.24, 2.45) is 17.3 Å². The van der Waals surface area contributed by atoms with Crippen molar-refractivity contribution in [3.63, 3.8) is 0 Å². The van der Waals surface area contributed by atoms with Crippen molar-refractivity contribution in [1.82, 2.24) is 0 Å². The fourth-order valence-electron chi connectivity index (χ4n) is 7.56. The van der Waals surface area contributed by atoms with E-state index in [-0.39, 0.29) is 17.1 Å². The van der Waals surface area contributed by atoms with E-state index in [1.165, 1.54) is 16.7 Å². The molecule has 0 aliphatic heterocycles. The number of fused-ring (bicyclic) bond motifs is 4. The van der Waals surface area contributed by atoms with E-state index in [2.05, 4.69) is 13.8 Å². The van der Waals surface area contributed by atoms with Gasteiger partial charge in [-0.3, -0.25) is 4.79 Å². The van der Waals surface area contributed by atoms with Crippen molar-refractivity contribution in [1.29, 1.82) is 0 Å². The first-order chi connectivity index (χ1) is 15.5. The molecule has 1 aromatic carbocycles. The van der Waals surface area contributed by atoms with Crippen molar-refractivity contribution in [3.05, 3.63) is 52.6 Å². The molecule has 5 nitrogen and oxygen atoms in total. The Kier molecular flexibility index (Phi) is 5.41. The van der Waals surface area contributed by atoms with Gasteiger partial charge in [-0.25, -0.2) is 0 Å². The van der Waals surface area contributed by atoms with Crippen molar-refractivity contribution >= 4 is 15.9 Å². The lowest BCUT2D eigenvalue weighted by Crippen LogP contribution is -2.51. The topological polar surface area (TPSA) is 80.7 Å². The highest BCUT2D eigenvalue weighted by Crippen LogP contribution is 2.67. The number of rotatable bonds is 4.